The van der Waals surface area contributed by atoms with Gasteiger partial charge in [0.15, 0.2) is 0 Å². The molecule has 1 aliphatic heterocycles. The van der Waals surface area contributed by atoms with Gasteiger partial charge in [0.25, 0.3) is 5.88 Å². The minimum Gasteiger partial charge on any atom is -0.471 e. The maximum atomic E-state index is 12.7. The number of sulfonamides is 1. The molecule has 1 aromatic heterocycles. The van der Waals surface area contributed by atoms with Crippen molar-refractivity contribution in [2.45, 2.75) is 49.9 Å². The molecular formula is C15H20N4O3S. The van der Waals surface area contributed by atoms with E-state index in [1.165, 1.54) is 16.7 Å². The van der Waals surface area contributed by atoms with E-state index in [-0.39, 0.29) is 22.9 Å². The van der Waals surface area contributed by atoms with Crippen molar-refractivity contribution in [2.75, 3.05) is 13.1 Å². The number of nitriles is 1. The maximum absolute atomic E-state index is 12.7. The summed E-state index contributed by atoms with van der Waals surface area (Å²) < 4.78 is 32.6. The van der Waals surface area contributed by atoms with Gasteiger partial charge < -0.3 is 4.74 Å². The quantitative estimate of drug-likeness (QED) is 0.826. The van der Waals surface area contributed by atoms with Crippen LogP contribution in [0.5, 0.6) is 5.88 Å². The lowest BCUT2D eigenvalue weighted by atomic mass is 10.0. The van der Waals surface area contributed by atoms with Gasteiger partial charge in [-0.15, -0.1) is 0 Å². The third-order valence-electron chi connectivity index (χ3n) is 4.49. The third-order valence-corrected chi connectivity index (χ3v) is 6.86. The molecule has 0 spiro atoms. The van der Waals surface area contributed by atoms with Crippen LogP contribution < -0.4 is 4.74 Å². The van der Waals surface area contributed by atoms with Crippen LogP contribution in [0.15, 0.2) is 12.4 Å². The number of hydrogen-bond acceptors (Lipinski definition) is 6. The molecule has 2 aliphatic rings. The molecule has 1 unspecified atom stereocenters. The highest BCUT2D eigenvalue weighted by Gasteiger charge is 2.38. The van der Waals surface area contributed by atoms with Crippen LogP contribution in [0.2, 0.25) is 0 Å². The zero-order chi connectivity index (χ0) is 16.3. The van der Waals surface area contributed by atoms with Gasteiger partial charge in [-0.25, -0.2) is 18.4 Å². The minimum atomic E-state index is -3.25. The summed E-state index contributed by atoms with van der Waals surface area (Å²) in [5.41, 5.74) is 0.126. The van der Waals surface area contributed by atoms with Crippen LogP contribution in [0.4, 0.5) is 0 Å². The molecule has 8 heteroatoms. The topological polar surface area (TPSA) is 96.2 Å². The zero-order valence-corrected chi connectivity index (χ0v) is 13.7. The average Bonchev–Trinajstić information content (AvgIpc) is 3.05. The van der Waals surface area contributed by atoms with E-state index < -0.39 is 10.0 Å². The van der Waals surface area contributed by atoms with E-state index in [1.807, 2.05) is 6.07 Å². The summed E-state index contributed by atoms with van der Waals surface area (Å²) in [5, 5.41) is 8.76. The molecule has 0 bridgehead atoms. The standard InChI is InChI=1S/C15H20N4O3S/c16-10-14-15(18-8-7-17-14)22-12-6-9-19(11-12)23(20,21)13-4-2-1-3-5-13/h7-8,12-13H,1-6,9,11H2. The highest BCUT2D eigenvalue weighted by Crippen LogP contribution is 2.29. The molecule has 0 aromatic carbocycles. The van der Waals surface area contributed by atoms with Gasteiger partial charge in [0.2, 0.25) is 15.7 Å². The van der Waals surface area contributed by atoms with E-state index in [2.05, 4.69) is 9.97 Å². The second-order valence-electron chi connectivity index (χ2n) is 6.01. The molecule has 1 atom stereocenters. The molecule has 2 heterocycles. The van der Waals surface area contributed by atoms with Crippen molar-refractivity contribution in [2.24, 2.45) is 0 Å². The third kappa shape index (κ3) is 3.46. The Morgan fingerprint density at radius 1 is 1.17 bits per heavy atom. The molecule has 1 aliphatic carbocycles. The lowest BCUT2D eigenvalue weighted by Crippen LogP contribution is -2.39. The SMILES string of the molecule is N#Cc1nccnc1OC1CCN(S(=O)(=O)C2CCCCC2)C1. The second kappa shape index (κ2) is 6.81. The summed E-state index contributed by atoms with van der Waals surface area (Å²) in [6, 6.07) is 1.93. The van der Waals surface area contributed by atoms with E-state index in [9.17, 15) is 8.42 Å². The second-order valence-corrected chi connectivity index (χ2v) is 8.23. The number of nitrogens with zero attached hydrogens (tertiary/aromatic N) is 4. The maximum Gasteiger partial charge on any atom is 0.251 e. The Bertz CT molecular complexity index is 695. The fourth-order valence-electron chi connectivity index (χ4n) is 3.24. The largest absolute Gasteiger partial charge is 0.471 e. The molecule has 2 fully saturated rings. The van der Waals surface area contributed by atoms with Gasteiger partial charge in [-0.3, -0.25) is 0 Å². The smallest absolute Gasteiger partial charge is 0.251 e. The Balaban J connectivity index is 1.65. The first-order chi connectivity index (χ1) is 11.1. The number of rotatable bonds is 4. The van der Waals surface area contributed by atoms with Crippen LogP contribution in [0, 0.1) is 11.3 Å². The fourth-order valence-corrected chi connectivity index (χ4v) is 5.33. The van der Waals surface area contributed by atoms with Crippen LogP contribution in [0.25, 0.3) is 0 Å². The van der Waals surface area contributed by atoms with Crippen molar-refractivity contribution < 1.29 is 13.2 Å². The molecule has 0 amide bonds. The molecular weight excluding hydrogens is 316 g/mol. The Kier molecular flexibility index (Phi) is 4.78. The number of hydrogen-bond donors (Lipinski definition) is 0. The molecule has 1 saturated heterocycles. The van der Waals surface area contributed by atoms with E-state index in [0.29, 0.717) is 19.5 Å². The summed E-state index contributed by atoms with van der Waals surface area (Å²) in [5.74, 6) is 0.178. The monoisotopic (exact) mass is 336 g/mol. The molecule has 3 rings (SSSR count). The van der Waals surface area contributed by atoms with Crippen molar-refractivity contribution in [1.29, 1.82) is 5.26 Å². The molecule has 124 valence electrons. The van der Waals surface area contributed by atoms with Gasteiger partial charge in [0, 0.05) is 18.9 Å². The molecule has 1 saturated carbocycles. The van der Waals surface area contributed by atoms with Crippen molar-refractivity contribution in [3.63, 3.8) is 0 Å². The van der Waals surface area contributed by atoms with Crippen LogP contribution in [0.1, 0.15) is 44.2 Å². The summed E-state index contributed by atoms with van der Waals surface area (Å²) in [7, 11) is -3.25. The fraction of sp³-hybridized carbons (Fsp3) is 0.667. The Morgan fingerprint density at radius 2 is 1.91 bits per heavy atom. The zero-order valence-electron chi connectivity index (χ0n) is 12.9. The summed E-state index contributed by atoms with van der Waals surface area (Å²) in [6.45, 7) is 0.784. The van der Waals surface area contributed by atoms with E-state index in [0.717, 1.165) is 32.1 Å². The highest BCUT2D eigenvalue weighted by atomic mass is 32.2. The predicted octanol–water partition coefficient (Wildman–Crippen LogP) is 1.46. The van der Waals surface area contributed by atoms with Crippen molar-refractivity contribution in [1.82, 2.24) is 14.3 Å². The van der Waals surface area contributed by atoms with Gasteiger partial charge in [0.05, 0.1) is 11.8 Å². The minimum absolute atomic E-state index is 0.126. The van der Waals surface area contributed by atoms with Gasteiger partial charge in [-0.1, -0.05) is 19.3 Å². The summed E-state index contributed by atoms with van der Waals surface area (Å²) in [6.07, 6.45) is 7.83. The average molecular weight is 336 g/mol. The predicted molar refractivity (Wildman–Crippen MR) is 83.1 cm³/mol. The van der Waals surface area contributed by atoms with Crippen molar-refractivity contribution in [3.8, 4) is 11.9 Å². The van der Waals surface area contributed by atoms with Gasteiger partial charge >= 0.3 is 0 Å². The molecule has 23 heavy (non-hydrogen) atoms. The van der Waals surface area contributed by atoms with E-state index >= 15 is 0 Å². The lowest BCUT2D eigenvalue weighted by Gasteiger charge is -2.26. The van der Waals surface area contributed by atoms with Crippen LogP contribution in [0.3, 0.4) is 0 Å². The van der Waals surface area contributed by atoms with Crippen LogP contribution >= 0.6 is 0 Å². The van der Waals surface area contributed by atoms with Gasteiger partial charge in [-0.05, 0) is 19.3 Å². The van der Waals surface area contributed by atoms with E-state index in [4.69, 9.17) is 10.00 Å². The molecule has 0 radical (unpaired) electrons. The number of aromatic nitrogens is 2. The van der Waals surface area contributed by atoms with Crippen molar-refractivity contribution in [3.05, 3.63) is 18.1 Å². The van der Waals surface area contributed by atoms with Crippen LogP contribution in [-0.4, -0.2) is 47.1 Å². The van der Waals surface area contributed by atoms with Gasteiger partial charge in [0.1, 0.15) is 12.2 Å². The molecule has 1 aromatic rings. The Morgan fingerprint density at radius 3 is 2.65 bits per heavy atom. The Hall–Kier alpha value is -1.72. The molecule has 0 N–H and O–H groups in total. The summed E-state index contributed by atoms with van der Waals surface area (Å²) >= 11 is 0. The summed E-state index contributed by atoms with van der Waals surface area (Å²) in [4.78, 5) is 7.91. The highest BCUT2D eigenvalue weighted by molar-refractivity contribution is 7.89. The first-order valence-electron chi connectivity index (χ1n) is 7.98. The van der Waals surface area contributed by atoms with Crippen molar-refractivity contribution >= 4 is 10.0 Å². The van der Waals surface area contributed by atoms with E-state index in [1.54, 1.807) is 0 Å². The van der Waals surface area contributed by atoms with Crippen LogP contribution in [-0.2, 0) is 10.0 Å². The normalized spacial score (nSPS) is 23.5. The molecule has 7 nitrogen and oxygen atoms in total. The number of ether oxygens (including phenoxy) is 1. The first kappa shape index (κ1) is 16.1. The first-order valence-corrected chi connectivity index (χ1v) is 9.48. The Labute approximate surface area is 136 Å². The lowest BCUT2D eigenvalue weighted by molar-refractivity contribution is 0.205. The van der Waals surface area contributed by atoms with Gasteiger partial charge in [-0.2, -0.15) is 9.57 Å².